The zero-order chi connectivity index (χ0) is 9.47. The Kier molecular flexibility index (Phi) is 2.04. The minimum atomic E-state index is -0.284. The number of rotatable bonds is 1. The Balaban J connectivity index is 2.04. The zero-order valence-electron chi connectivity index (χ0n) is 8.09. The van der Waals surface area contributed by atoms with Crippen LogP contribution in [0.5, 0.6) is 0 Å². The molecule has 0 bridgehead atoms. The lowest BCUT2D eigenvalue weighted by Gasteiger charge is -2.16. The predicted octanol–water partition coefficient (Wildman–Crippen LogP) is -0.153. The summed E-state index contributed by atoms with van der Waals surface area (Å²) in [7, 11) is 0. The van der Waals surface area contributed by atoms with Gasteiger partial charge in [0, 0.05) is 19.5 Å². The van der Waals surface area contributed by atoms with E-state index in [1.807, 2.05) is 13.8 Å². The summed E-state index contributed by atoms with van der Waals surface area (Å²) in [5, 5.41) is 6.51. The highest BCUT2D eigenvalue weighted by molar-refractivity contribution is 5.76. The van der Waals surface area contributed by atoms with Crippen LogP contribution < -0.4 is 10.6 Å². The van der Waals surface area contributed by atoms with E-state index in [0.29, 0.717) is 0 Å². The van der Waals surface area contributed by atoms with Gasteiger partial charge in [-0.1, -0.05) is 0 Å². The minimum Gasteiger partial charge on any atom is -0.459 e. The highest BCUT2D eigenvalue weighted by atomic mass is 16.6. The normalized spacial score (nSPS) is 33.7. The maximum atomic E-state index is 11.5. The third kappa shape index (κ3) is 1.69. The molecule has 1 unspecified atom stereocenters. The number of ether oxygens (including phenoxy) is 1. The summed E-state index contributed by atoms with van der Waals surface area (Å²) in [5.41, 5.74) is -0.284. The first-order valence-corrected chi connectivity index (χ1v) is 4.78. The Morgan fingerprint density at radius 1 is 1.38 bits per heavy atom. The van der Waals surface area contributed by atoms with Gasteiger partial charge in [0.15, 0.2) is 0 Å². The number of cyclic esters (lactones) is 1. The molecule has 0 saturated carbocycles. The van der Waals surface area contributed by atoms with Crippen LogP contribution in [0.15, 0.2) is 0 Å². The van der Waals surface area contributed by atoms with Crippen molar-refractivity contribution in [2.45, 2.75) is 32.0 Å². The van der Waals surface area contributed by atoms with E-state index in [4.69, 9.17) is 4.74 Å². The van der Waals surface area contributed by atoms with Crippen LogP contribution in [0, 0.1) is 5.92 Å². The van der Waals surface area contributed by atoms with Crippen LogP contribution in [-0.2, 0) is 9.53 Å². The van der Waals surface area contributed by atoms with E-state index in [0.717, 1.165) is 19.5 Å². The Bertz CT molecular complexity index is 222. The van der Waals surface area contributed by atoms with Crippen molar-refractivity contribution < 1.29 is 9.53 Å². The molecule has 13 heavy (non-hydrogen) atoms. The molecule has 0 aliphatic carbocycles. The van der Waals surface area contributed by atoms with Crippen molar-refractivity contribution in [2.75, 3.05) is 13.1 Å². The topological polar surface area (TPSA) is 50.4 Å². The second-order valence-corrected chi connectivity index (χ2v) is 4.38. The SMILES string of the molecule is CC1(C)CC(C2NCCN2)C(=O)O1. The highest BCUT2D eigenvalue weighted by Crippen LogP contribution is 2.32. The average molecular weight is 184 g/mol. The van der Waals surface area contributed by atoms with Crippen molar-refractivity contribution in [3.8, 4) is 0 Å². The fourth-order valence-electron chi connectivity index (χ4n) is 2.07. The van der Waals surface area contributed by atoms with Crippen molar-refractivity contribution in [3.63, 3.8) is 0 Å². The fourth-order valence-corrected chi connectivity index (χ4v) is 2.07. The lowest BCUT2D eigenvalue weighted by molar-refractivity contribution is -0.149. The smallest absolute Gasteiger partial charge is 0.312 e. The molecular formula is C9H16N2O2. The number of esters is 1. The predicted molar refractivity (Wildman–Crippen MR) is 48.1 cm³/mol. The van der Waals surface area contributed by atoms with Gasteiger partial charge in [-0.2, -0.15) is 0 Å². The number of carbonyl (C=O) groups is 1. The van der Waals surface area contributed by atoms with Crippen molar-refractivity contribution in [1.29, 1.82) is 0 Å². The number of hydrogen-bond donors (Lipinski definition) is 2. The van der Waals surface area contributed by atoms with Crippen molar-refractivity contribution in [3.05, 3.63) is 0 Å². The summed E-state index contributed by atoms with van der Waals surface area (Å²) in [5.74, 6) is -0.0885. The number of carbonyl (C=O) groups excluding carboxylic acids is 1. The molecule has 1 atom stereocenters. The van der Waals surface area contributed by atoms with Gasteiger partial charge in [-0.15, -0.1) is 0 Å². The molecule has 0 aromatic heterocycles. The molecule has 2 rings (SSSR count). The minimum absolute atomic E-state index is 0.0162. The van der Waals surface area contributed by atoms with Gasteiger partial charge in [-0.3, -0.25) is 15.4 Å². The molecule has 0 amide bonds. The van der Waals surface area contributed by atoms with Crippen LogP contribution in [0.2, 0.25) is 0 Å². The van der Waals surface area contributed by atoms with Gasteiger partial charge in [0.05, 0.1) is 12.1 Å². The van der Waals surface area contributed by atoms with Gasteiger partial charge in [0.2, 0.25) is 0 Å². The first-order chi connectivity index (χ1) is 6.08. The number of nitrogens with one attached hydrogen (secondary N) is 2. The quantitative estimate of drug-likeness (QED) is 0.556. The average Bonchev–Trinajstić information content (AvgIpc) is 2.56. The highest BCUT2D eigenvalue weighted by Gasteiger charge is 2.44. The van der Waals surface area contributed by atoms with E-state index in [1.54, 1.807) is 0 Å². The van der Waals surface area contributed by atoms with E-state index in [-0.39, 0.29) is 23.7 Å². The summed E-state index contributed by atoms with van der Waals surface area (Å²) in [4.78, 5) is 11.5. The molecule has 0 aromatic rings. The maximum Gasteiger partial charge on any atom is 0.312 e. The van der Waals surface area contributed by atoms with Crippen LogP contribution in [0.1, 0.15) is 20.3 Å². The Labute approximate surface area is 78.0 Å². The van der Waals surface area contributed by atoms with Crippen LogP contribution >= 0.6 is 0 Å². The summed E-state index contributed by atoms with van der Waals surface area (Å²) < 4.78 is 5.25. The van der Waals surface area contributed by atoms with Gasteiger partial charge in [-0.25, -0.2) is 0 Å². The van der Waals surface area contributed by atoms with Crippen LogP contribution in [0.25, 0.3) is 0 Å². The van der Waals surface area contributed by atoms with E-state index in [9.17, 15) is 4.79 Å². The molecule has 2 fully saturated rings. The summed E-state index contributed by atoms with van der Waals surface area (Å²) in [6.07, 6.45) is 0.922. The number of hydrogen-bond acceptors (Lipinski definition) is 4. The molecule has 74 valence electrons. The van der Waals surface area contributed by atoms with Crippen molar-refractivity contribution in [2.24, 2.45) is 5.92 Å². The zero-order valence-corrected chi connectivity index (χ0v) is 8.09. The summed E-state index contributed by atoms with van der Waals surface area (Å²) >= 11 is 0. The largest absolute Gasteiger partial charge is 0.459 e. The van der Waals surface area contributed by atoms with Crippen LogP contribution in [0.4, 0.5) is 0 Å². The lowest BCUT2D eigenvalue weighted by atomic mass is 9.95. The Morgan fingerprint density at radius 3 is 2.46 bits per heavy atom. The fraction of sp³-hybridized carbons (Fsp3) is 0.889. The molecule has 2 aliphatic heterocycles. The Morgan fingerprint density at radius 2 is 2.00 bits per heavy atom. The standard InChI is InChI=1S/C9H16N2O2/c1-9(2)5-6(8(12)13-9)7-10-3-4-11-7/h6-7,10-11H,3-5H2,1-2H3. The van der Waals surface area contributed by atoms with Gasteiger partial charge in [0.25, 0.3) is 0 Å². The summed E-state index contributed by atoms with van der Waals surface area (Å²) in [6.45, 7) is 5.80. The molecule has 0 spiro atoms. The van der Waals surface area contributed by atoms with Crippen molar-refractivity contribution >= 4 is 5.97 Å². The second-order valence-electron chi connectivity index (χ2n) is 4.38. The van der Waals surface area contributed by atoms with Crippen molar-refractivity contribution in [1.82, 2.24) is 10.6 Å². The third-order valence-corrected chi connectivity index (χ3v) is 2.65. The molecule has 2 heterocycles. The lowest BCUT2D eigenvalue weighted by Crippen LogP contribution is -2.41. The third-order valence-electron chi connectivity index (χ3n) is 2.65. The van der Waals surface area contributed by atoms with E-state index in [2.05, 4.69) is 10.6 Å². The van der Waals surface area contributed by atoms with Gasteiger partial charge < -0.3 is 4.74 Å². The molecule has 4 heteroatoms. The van der Waals surface area contributed by atoms with Gasteiger partial charge >= 0.3 is 5.97 Å². The van der Waals surface area contributed by atoms with E-state index < -0.39 is 0 Å². The van der Waals surface area contributed by atoms with Gasteiger partial charge in [0.1, 0.15) is 5.60 Å². The van der Waals surface area contributed by atoms with E-state index >= 15 is 0 Å². The molecule has 0 aromatic carbocycles. The van der Waals surface area contributed by atoms with Crippen LogP contribution in [-0.4, -0.2) is 30.8 Å². The molecule has 0 radical (unpaired) electrons. The molecule has 2 N–H and O–H groups in total. The monoisotopic (exact) mass is 184 g/mol. The first kappa shape index (κ1) is 8.97. The molecule has 2 saturated heterocycles. The molecule has 4 nitrogen and oxygen atoms in total. The van der Waals surface area contributed by atoms with Crippen LogP contribution in [0.3, 0.4) is 0 Å². The second kappa shape index (κ2) is 2.96. The van der Waals surface area contributed by atoms with Gasteiger partial charge in [-0.05, 0) is 13.8 Å². The first-order valence-electron chi connectivity index (χ1n) is 4.78. The molecule has 2 aliphatic rings. The molecular weight excluding hydrogens is 168 g/mol. The maximum absolute atomic E-state index is 11.5. The van der Waals surface area contributed by atoms with E-state index in [1.165, 1.54) is 0 Å². The summed E-state index contributed by atoms with van der Waals surface area (Å²) in [6, 6.07) is 0. The Hall–Kier alpha value is -0.610.